The van der Waals surface area contributed by atoms with Crippen LogP contribution in [0.3, 0.4) is 0 Å². The number of nitrogens with zero attached hydrogens (tertiary/aromatic N) is 2. The quantitative estimate of drug-likeness (QED) is 0.887. The molecule has 5 nitrogen and oxygen atoms in total. The maximum Gasteiger partial charge on any atom is 0.276 e. The van der Waals surface area contributed by atoms with E-state index in [2.05, 4.69) is 12.1 Å². The third kappa shape index (κ3) is 2.41. The lowest BCUT2D eigenvalue weighted by Crippen LogP contribution is -2.44. The minimum Gasteiger partial charge on any atom is -0.396 e. The number of aryl methyl sites for hydroxylation is 1. The molecule has 1 aromatic heterocycles. The van der Waals surface area contributed by atoms with E-state index >= 15 is 0 Å². The van der Waals surface area contributed by atoms with Gasteiger partial charge >= 0.3 is 0 Å². The average Bonchev–Trinajstić information content (AvgIpc) is 2.85. The Morgan fingerprint density at radius 1 is 1.56 bits per heavy atom. The van der Waals surface area contributed by atoms with E-state index in [-0.39, 0.29) is 17.9 Å². The maximum absolute atomic E-state index is 12.1. The van der Waals surface area contributed by atoms with Gasteiger partial charge < -0.3 is 14.5 Å². The lowest BCUT2D eigenvalue weighted by atomic mass is 9.77. The minimum absolute atomic E-state index is 0.00345. The van der Waals surface area contributed by atoms with Crippen LogP contribution in [-0.2, 0) is 0 Å². The minimum atomic E-state index is -0.0745. The van der Waals surface area contributed by atoms with E-state index in [4.69, 9.17) is 4.52 Å². The Kier molecular flexibility index (Phi) is 3.71. The number of carbonyl (C=O) groups excluding carboxylic acids is 1. The molecule has 2 rings (SSSR count). The zero-order chi connectivity index (χ0) is 13.2. The molecule has 1 amide bonds. The number of hydrogen-bond acceptors (Lipinski definition) is 4. The van der Waals surface area contributed by atoms with Crippen molar-refractivity contribution >= 4 is 5.91 Å². The van der Waals surface area contributed by atoms with Gasteiger partial charge in [0, 0.05) is 25.8 Å². The lowest BCUT2D eigenvalue weighted by molar-refractivity contribution is 0.0332. The largest absolute Gasteiger partial charge is 0.396 e. The van der Waals surface area contributed by atoms with Crippen LogP contribution in [0, 0.1) is 12.3 Å². The summed E-state index contributed by atoms with van der Waals surface area (Å²) in [6.45, 7) is 5.43. The molecular weight excluding hydrogens is 232 g/mol. The number of rotatable bonds is 3. The van der Waals surface area contributed by atoms with Crippen LogP contribution in [0.2, 0.25) is 0 Å². The molecule has 1 saturated heterocycles. The predicted octanol–water partition coefficient (Wildman–Crippen LogP) is 1.61. The second-order valence-electron chi connectivity index (χ2n) is 5.13. The predicted molar refractivity (Wildman–Crippen MR) is 66.2 cm³/mol. The molecule has 0 atom stereocenters. The van der Waals surface area contributed by atoms with E-state index in [0.29, 0.717) is 24.5 Å². The van der Waals surface area contributed by atoms with Crippen LogP contribution in [0.1, 0.15) is 42.4 Å². The van der Waals surface area contributed by atoms with Crippen molar-refractivity contribution in [3.05, 3.63) is 17.5 Å². The zero-order valence-corrected chi connectivity index (χ0v) is 11.0. The van der Waals surface area contributed by atoms with E-state index in [9.17, 15) is 9.90 Å². The van der Waals surface area contributed by atoms with Gasteiger partial charge in [0.2, 0.25) is 0 Å². The third-order valence-electron chi connectivity index (χ3n) is 4.04. The first-order valence-corrected chi connectivity index (χ1v) is 6.44. The zero-order valence-electron chi connectivity index (χ0n) is 11.0. The molecule has 18 heavy (non-hydrogen) atoms. The van der Waals surface area contributed by atoms with Gasteiger partial charge in [0.1, 0.15) is 5.76 Å². The molecule has 0 saturated carbocycles. The summed E-state index contributed by atoms with van der Waals surface area (Å²) in [5.41, 5.74) is 0.372. The first-order chi connectivity index (χ1) is 8.60. The molecule has 1 aliphatic rings. The lowest BCUT2D eigenvalue weighted by Gasteiger charge is -2.39. The second-order valence-corrected chi connectivity index (χ2v) is 5.13. The number of amides is 1. The number of piperidine rings is 1. The van der Waals surface area contributed by atoms with E-state index < -0.39 is 0 Å². The third-order valence-corrected chi connectivity index (χ3v) is 4.04. The molecule has 0 unspecified atom stereocenters. The normalized spacial score (nSPS) is 18.9. The molecule has 100 valence electrons. The number of aliphatic hydroxyl groups excluding tert-OH is 1. The molecule has 1 fully saturated rings. The highest BCUT2D eigenvalue weighted by Crippen LogP contribution is 2.34. The van der Waals surface area contributed by atoms with Crippen LogP contribution in [0.15, 0.2) is 10.6 Å². The van der Waals surface area contributed by atoms with Gasteiger partial charge in [0.05, 0.1) is 0 Å². The van der Waals surface area contributed by atoms with Crippen LogP contribution < -0.4 is 0 Å². The molecule has 0 bridgehead atoms. The van der Waals surface area contributed by atoms with Gasteiger partial charge in [0.15, 0.2) is 5.69 Å². The summed E-state index contributed by atoms with van der Waals surface area (Å²) < 4.78 is 4.92. The summed E-state index contributed by atoms with van der Waals surface area (Å²) in [4.78, 5) is 13.9. The van der Waals surface area contributed by atoms with Crippen molar-refractivity contribution in [3.63, 3.8) is 0 Å². The van der Waals surface area contributed by atoms with Crippen LogP contribution in [0.4, 0.5) is 0 Å². The van der Waals surface area contributed by atoms with Gasteiger partial charge in [-0.15, -0.1) is 0 Å². The number of carbonyl (C=O) groups is 1. The van der Waals surface area contributed by atoms with Crippen molar-refractivity contribution in [2.24, 2.45) is 5.41 Å². The Labute approximate surface area is 107 Å². The Morgan fingerprint density at radius 2 is 2.22 bits per heavy atom. The summed E-state index contributed by atoms with van der Waals surface area (Å²) in [6.07, 6.45) is 2.65. The molecule has 2 heterocycles. The average molecular weight is 252 g/mol. The smallest absolute Gasteiger partial charge is 0.276 e. The molecule has 0 spiro atoms. The van der Waals surface area contributed by atoms with Gasteiger partial charge in [-0.25, -0.2) is 0 Å². The summed E-state index contributed by atoms with van der Waals surface area (Å²) in [5.74, 6) is 0.572. The summed E-state index contributed by atoms with van der Waals surface area (Å²) in [5, 5.41) is 13.2. The molecule has 1 aliphatic heterocycles. The molecular formula is C13H20N2O3. The summed E-state index contributed by atoms with van der Waals surface area (Å²) in [6, 6.07) is 1.66. The Bertz CT molecular complexity index is 414. The number of aromatic nitrogens is 1. The molecule has 5 heteroatoms. The van der Waals surface area contributed by atoms with Crippen molar-refractivity contribution < 1.29 is 14.4 Å². The van der Waals surface area contributed by atoms with Gasteiger partial charge in [0.25, 0.3) is 5.91 Å². The topological polar surface area (TPSA) is 66.6 Å². The van der Waals surface area contributed by atoms with E-state index in [1.807, 2.05) is 0 Å². The van der Waals surface area contributed by atoms with E-state index in [1.54, 1.807) is 17.9 Å². The molecule has 1 N–H and O–H groups in total. The van der Waals surface area contributed by atoms with E-state index in [1.165, 1.54) is 0 Å². The van der Waals surface area contributed by atoms with E-state index in [0.717, 1.165) is 19.3 Å². The van der Waals surface area contributed by atoms with Crippen molar-refractivity contribution in [3.8, 4) is 0 Å². The van der Waals surface area contributed by atoms with Gasteiger partial charge in [-0.1, -0.05) is 12.1 Å². The number of hydrogen-bond donors (Lipinski definition) is 1. The van der Waals surface area contributed by atoms with Gasteiger partial charge in [-0.3, -0.25) is 4.79 Å². The molecule has 0 radical (unpaired) electrons. The second kappa shape index (κ2) is 5.10. The first kappa shape index (κ1) is 13.1. The van der Waals surface area contributed by atoms with Crippen LogP contribution in [-0.4, -0.2) is 40.8 Å². The highest BCUT2D eigenvalue weighted by atomic mass is 16.5. The fourth-order valence-corrected chi connectivity index (χ4v) is 2.44. The summed E-state index contributed by atoms with van der Waals surface area (Å²) in [7, 11) is 0. The van der Waals surface area contributed by atoms with Gasteiger partial charge in [-0.05, 0) is 31.6 Å². The SMILES string of the molecule is CCC1(CO)CCN(C(=O)c2cc(C)on2)CC1. The Morgan fingerprint density at radius 3 is 2.67 bits per heavy atom. The highest BCUT2D eigenvalue weighted by molar-refractivity contribution is 5.92. The number of likely N-dealkylation sites (tertiary alicyclic amines) is 1. The van der Waals surface area contributed by atoms with Crippen molar-refractivity contribution in [2.75, 3.05) is 19.7 Å². The summed E-state index contributed by atoms with van der Waals surface area (Å²) >= 11 is 0. The van der Waals surface area contributed by atoms with Crippen LogP contribution >= 0.6 is 0 Å². The van der Waals surface area contributed by atoms with Crippen LogP contribution in [0.25, 0.3) is 0 Å². The van der Waals surface area contributed by atoms with Crippen molar-refractivity contribution in [1.82, 2.24) is 10.1 Å². The maximum atomic E-state index is 12.1. The monoisotopic (exact) mass is 252 g/mol. The fraction of sp³-hybridized carbons (Fsp3) is 0.692. The molecule has 1 aromatic rings. The fourth-order valence-electron chi connectivity index (χ4n) is 2.44. The molecule has 0 aliphatic carbocycles. The first-order valence-electron chi connectivity index (χ1n) is 6.44. The van der Waals surface area contributed by atoms with Gasteiger partial charge in [-0.2, -0.15) is 0 Å². The van der Waals surface area contributed by atoms with Crippen molar-refractivity contribution in [2.45, 2.75) is 33.1 Å². The highest BCUT2D eigenvalue weighted by Gasteiger charge is 2.34. The number of aliphatic hydroxyl groups is 1. The molecule has 0 aromatic carbocycles. The standard InChI is InChI=1S/C13H20N2O3/c1-3-13(9-16)4-6-15(7-5-13)12(17)11-8-10(2)18-14-11/h8,16H,3-7,9H2,1-2H3. The Hall–Kier alpha value is -1.36. The van der Waals surface area contributed by atoms with Crippen molar-refractivity contribution in [1.29, 1.82) is 0 Å². The Balaban J connectivity index is 1.99. The van der Waals surface area contributed by atoms with Crippen LogP contribution in [0.5, 0.6) is 0 Å².